The van der Waals surface area contributed by atoms with Crippen LogP contribution in [0.15, 0.2) is 4.52 Å². The Morgan fingerprint density at radius 3 is 2.73 bits per heavy atom. The predicted octanol–water partition coefficient (Wildman–Crippen LogP) is 2.47. The van der Waals surface area contributed by atoms with Crippen molar-refractivity contribution in [1.82, 2.24) is 14.9 Å². The van der Waals surface area contributed by atoms with Crippen LogP contribution in [-0.4, -0.2) is 42.4 Å². The van der Waals surface area contributed by atoms with Crippen LogP contribution < -0.4 is 4.72 Å². The minimum absolute atomic E-state index is 0.0338. The van der Waals surface area contributed by atoms with Crippen LogP contribution in [0.1, 0.15) is 75.4 Å². The number of rotatable bonds is 11. The lowest BCUT2D eigenvalue weighted by atomic mass is 9.84. The van der Waals surface area contributed by atoms with Crippen LogP contribution in [-0.2, 0) is 21.2 Å². The summed E-state index contributed by atoms with van der Waals surface area (Å²) in [7, 11) is -3.26. The molecule has 0 amide bonds. The van der Waals surface area contributed by atoms with Crippen LogP contribution in [0, 0.1) is 5.92 Å². The topological polar surface area (TPSA) is 122 Å². The second kappa shape index (κ2) is 10.0. The number of aliphatic carboxylic acids is 1. The zero-order chi connectivity index (χ0) is 19.0. The van der Waals surface area contributed by atoms with Gasteiger partial charge >= 0.3 is 5.97 Å². The maximum absolute atomic E-state index is 11.2. The third-order valence-corrected chi connectivity index (χ3v) is 5.59. The molecule has 1 aliphatic rings. The van der Waals surface area contributed by atoms with E-state index in [0.29, 0.717) is 24.6 Å². The van der Waals surface area contributed by atoms with Gasteiger partial charge in [0.05, 0.1) is 12.7 Å². The highest BCUT2D eigenvalue weighted by Crippen LogP contribution is 2.31. The highest BCUT2D eigenvalue weighted by atomic mass is 32.2. The van der Waals surface area contributed by atoms with Gasteiger partial charge in [0.25, 0.3) is 0 Å². The second-order valence-corrected chi connectivity index (χ2v) is 9.03. The van der Waals surface area contributed by atoms with Crippen molar-refractivity contribution in [3.8, 4) is 0 Å². The summed E-state index contributed by atoms with van der Waals surface area (Å²) >= 11 is 0. The lowest BCUT2D eigenvalue weighted by Gasteiger charge is -2.21. The van der Waals surface area contributed by atoms with Gasteiger partial charge in [-0.2, -0.15) is 4.98 Å². The average Bonchev–Trinajstić information content (AvgIpc) is 3.02. The van der Waals surface area contributed by atoms with E-state index in [4.69, 9.17) is 9.63 Å². The lowest BCUT2D eigenvalue weighted by Crippen LogP contribution is -2.24. The summed E-state index contributed by atoms with van der Waals surface area (Å²) in [6.07, 6.45) is 10.6. The number of hydrogen-bond donors (Lipinski definition) is 2. The molecule has 0 spiro atoms. The first-order valence-electron chi connectivity index (χ1n) is 9.32. The third kappa shape index (κ3) is 7.82. The number of nitrogens with one attached hydrogen (secondary N) is 1. The lowest BCUT2D eigenvalue weighted by molar-refractivity contribution is -0.137. The Morgan fingerprint density at radius 2 is 2.08 bits per heavy atom. The molecule has 0 radical (unpaired) electrons. The van der Waals surface area contributed by atoms with Crippen LogP contribution in [0.4, 0.5) is 0 Å². The van der Waals surface area contributed by atoms with Crippen molar-refractivity contribution < 1.29 is 22.8 Å². The molecule has 1 saturated carbocycles. The Bertz CT molecular complexity index is 668. The van der Waals surface area contributed by atoms with E-state index in [2.05, 4.69) is 14.9 Å². The fraction of sp³-hybridized carbons (Fsp3) is 0.824. The molecule has 26 heavy (non-hydrogen) atoms. The number of nitrogens with zero attached hydrogens (tertiary/aromatic N) is 2. The first kappa shape index (κ1) is 20.8. The van der Waals surface area contributed by atoms with E-state index >= 15 is 0 Å². The minimum Gasteiger partial charge on any atom is -0.481 e. The zero-order valence-electron chi connectivity index (χ0n) is 15.3. The molecule has 0 bridgehead atoms. The van der Waals surface area contributed by atoms with E-state index in [1.807, 2.05) is 0 Å². The van der Waals surface area contributed by atoms with Crippen LogP contribution >= 0.6 is 0 Å². The molecule has 1 aliphatic carbocycles. The molecule has 1 aromatic heterocycles. The van der Waals surface area contributed by atoms with E-state index in [-0.39, 0.29) is 18.9 Å². The molecular formula is C17H29N3O5S. The molecular weight excluding hydrogens is 358 g/mol. The van der Waals surface area contributed by atoms with Crippen molar-refractivity contribution >= 4 is 16.0 Å². The van der Waals surface area contributed by atoms with Gasteiger partial charge in [-0.05, 0) is 12.3 Å². The van der Waals surface area contributed by atoms with Gasteiger partial charge in [0.1, 0.15) is 0 Å². The molecule has 1 aromatic rings. The maximum atomic E-state index is 11.2. The first-order valence-corrected chi connectivity index (χ1v) is 11.2. The summed E-state index contributed by atoms with van der Waals surface area (Å²) in [5.41, 5.74) is 0. The maximum Gasteiger partial charge on any atom is 0.304 e. The Balaban J connectivity index is 1.86. The molecule has 9 heteroatoms. The summed E-state index contributed by atoms with van der Waals surface area (Å²) in [5.74, 6) is 0.310. The number of carboxylic acid groups (broad SMARTS) is 1. The minimum atomic E-state index is -3.26. The molecule has 8 nitrogen and oxygen atoms in total. The van der Waals surface area contributed by atoms with Gasteiger partial charge < -0.3 is 9.63 Å². The summed E-state index contributed by atoms with van der Waals surface area (Å²) in [4.78, 5) is 15.4. The Kier molecular flexibility index (Phi) is 8.02. The molecule has 2 rings (SSSR count). The largest absolute Gasteiger partial charge is 0.481 e. The smallest absolute Gasteiger partial charge is 0.304 e. The van der Waals surface area contributed by atoms with Crippen LogP contribution in [0.25, 0.3) is 0 Å². The standard InChI is InChI=1S/C17H29N3O5S/c1-26(23,24)18-11-10-15-19-17(25-20-15)14(12-16(21)22)9-5-8-13-6-3-2-4-7-13/h13-14,18H,2-12H2,1H3,(H,21,22)/t14-/m0/s1. The van der Waals surface area contributed by atoms with Crippen LogP contribution in [0.2, 0.25) is 0 Å². The van der Waals surface area contributed by atoms with Gasteiger partial charge in [-0.1, -0.05) is 50.1 Å². The molecule has 0 aliphatic heterocycles. The molecule has 2 N–H and O–H groups in total. The van der Waals surface area contributed by atoms with Gasteiger partial charge in [-0.25, -0.2) is 13.1 Å². The summed E-state index contributed by atoms with van der Waals surface area (Å²) < 4.78 is 29.7. The van der Waals surface area contributed by atoms with E-state index in [1.165, 1.54) is 32.1 Å². The van der Waals surface area contributed by atoms with Gasteiger partial charge in [-0.15, -0.1) is 0 Å². The Labute approximate surface area is 154 Å². The van der Waals surface area contributed by atoms with Gasteiger partial charge in [0, 0.05) is 18.9 Å². The van der Waals surface area contributed by atoms with E-state index < -0.39 is 16.0 Å². The van der Waals surface area contributed by atoms with Crippen molar-refractivity contribution in [2.75, 3.05) is 12.8 Å². The molecule has 1 fully saturated rings. The van der Waals surface area contributed by atoms with Crippen molar-refractivity contribution in [3.63, 3.8) is 0 Å². The van der Waals surface area contributed by atoms with Crippen molar-refractivity contribution in [1.29, 1.82) is 0 Å². The first-order chi connectivity index (χ1) is 12.3. The van der Waals surface area contributed by atoms with Crippen molar-refractivity contribution in [2.45, 2.75) is 70.1 Å². The predicted molar refractivity (Wildman–Crippen MR) is 96.3 cm³/mol. The molecule has 1 atom stereocenters. The number of aromatic nitrogens is 2. The van der Waals surface area contributed by atoms with Crippen molar-refractivity contribution in [3.05, 3.63) is 11.7 Å². The summed E-state index contributed by atoms with van der Waals surface area (Å²) in [6, 6.07) is 0. The number of hydrogen-bond acceptors (Lipinski definition) is 6. The number of carbonyl (C=O) groups is 1. The quantitative estimate of drug-likeness (QED) is 0.598. The van der Waals surface area contributed by atoms with Crippen LogP contribution in [0.3, 0.4) is 0 Å². The number of sulfonamides is 1. The SMILES string of the molecule is CS(=O)(=O)NCCc1noc([C@@H](CCCC2CCCCC2)CC(=O)O)n1. The average molecular weight is 388 g/mol. The highest BCUT2D eigenvalue weighted by molar-refractivity contribution is 7.88. The third-order valence-electron chi connectivity index (χ3n) is 4.86. The van der Waals surface area contributed by atoms with E-state index in [0.717, 1.165) is 25.0 Å². The van der Waals surface area contributed by atoms with Gasteiger partial charge in [-0.3, -0.25) is 4.79 Å². The normalized spacial score (nSPS) is 17.3. The molecule has 0 saturated heterocycles. The molecule has 148 valence electrons. The summed E-state index contributed by atoms with van der Waals surface area (Å²) in [6.45, 7) is 0.184. The zero-order valence-corrected chi connectivity index (χ0v) is 16.1. The summed E-state index contributed by atoms with van der Waals surface area (Å²) in [5, 5.41) is 13.0. The molecule has 0 unspecified atom stereocenters. The highest BCUT2D eigenvalue weighted by Gasteiger charge is 2.23. The Morgan fingerprint density at radius 1 is 1.35 bits per heavy atom. The fourth-order valence-corrected chi connectivity index (χ4v) is 4.01. The Hall–Kier alpha value is -1.48. The van der Waals surface area contributed by atoms with Gasteiger partial charge in [0.2, 0.25) is 15.9 Å². The molecule has 0 aromatic carbocycles. The fourth-order valence-electron chi connectivity index (χ4n) is 3.54. The second-order valence-electron chi connectivity index (χ2n) is 7.20. The van der Waals surface area contributed by atoms with Gasteiger partial charge in [0.15, 0.2) is 5.82 Å². The van der Waals surface area contributed by atoms with Crippen LogP contribution in [0.5, 0.6) is 0 Å². The number of carboxylic acids is 1. The van der Waals surface area contributed by atoms with Crippen molar-refractivity contribution in [2.24, 2.45) is 5.92 Å². The molecule has 1 heterocycles. The van der Waals surface area contributed by atoms with E-state index in [1.54, 1.807) is 0 Å². The monoisotopic (exact) mass is 387 g/mol. The van der Waals surface area contributed by atoms with E-state index in [9.17, 15) is 13.2 Å².